The number of benzene rings is 2. The van der Waals surface area contributed by atoms with Gasteiger partial charge in [0.2, 0.25) is 5.95 Å². The lowest BCUT2D eigenvalue weighted by molar-refractivity contribution is 0.627. The third-order valence-electron chi connectivity index (χ3n) is 5.14. The fraction of sp³-hybridized carbons (Fsp3) is 0.0870. The minimum Gasteiger partial charge on any atom is -0.361 e. The van der Waals surface area contributed by atoms with E-state index in [0.29, 0.717) is 23.6 Å². The normalized spacial score (nSPS) is 11.3. The van der Waals surface area contributed by atoms with Gasteiger partial charge in [-0.2, -0.15) is 4.98 Å². The van der Waals surface area contributed by atoms with Crippen LogP contribution in [-0.2, 0) is 13.5 Å². The molecule has 0 amide bonds. The van der Waals surface area contributed by atoms with Crippen molar-refractivity contribution in [3.63, 3.8) is 0 Å². The van der Waals surface area contributed by atoms with E-state index in [4.69, 9.17) is 0 Å². The van der Waals surface area contributed by atoms with Crippen LogP contribution in [0, 0.1) is 5.82 Å². The summed E-state index contributed by atoms with van der Waals surface area (Å²) < 4.78 is 14.7. The molecule has 5 aromatic rings. The fourth-order valence-corrected chi connectivity index (χ4v) is 3.58. The average molecular weight is 399 g/mol. The monoisotopic (exact) mass is 399 g/mol. The van der Waals surface area contributed by atoms with E-state index in [-0.39, 0.29) is 11.4 Å². The van der Waals surface area contributed by atoms with Crippen molar-refractivity contribution in [2.45, 2.75) is 6.42 Å². The first-order valence-electron chi connectivity index (χ1n) is 9.51. The summed E-state index contributed by atoms with van der Waals surface area (Å²) in [6.45, 7) is 0. The number of aromatic nitrogens is 4. The van der Waals surface area contributed by atoms with Crippen molar-refractivity contribution in [1.82, 2.24) is 19.5 Å². The number of hydrogen-bond donors (Lipinski definition) is 2. The highest BCUT2D eigenvalue weighted by Gasteiger charge is 2.11. The van der Waals surface area contributed by atoms with E-state index < -0.39 is 0 Å². The molecule has 0 saturated carbocycles. The number of nitrogens with one attached hydrogen (secondary N) is 2. The summed E-state index contributed by atoms with van der Waals surface area (Å²) >= 11 is 0. The van der Waals surface area contributed by atoms with Crippen LogP contribution >= 0.6 is 0 Å². The minimum absolute atomic E-state index is 0.135. The lowest BCUT2D eigenvalue weighted by atomic mass is 10.1. The van der Waals surface area contributed by atoms with Gasteiger partial charge in [-0.25, -0.2) is 9.37 Å². The summed E-state index contributed by atoms with van der Waals surface area (Å²) in [4.78, 5) is 25.0. The van der Waals surface area contributed by atoms with E-state index >= 15 is 0 Å². The quantitative estimate of drug-likeness (QED) is 0.473. The Morgan fingerprint density at radius 1 is 1.07 bits per heavy atom. The summed E-state index contributed by atoms with van der Waals surface area (Å²) in [6.07, 6.45) is 4.00. The van der Waals surface area contributed by atoms with Crippen molar-refractivity contribution in [3.05, 3.63) is 94.3 Å². The highest BCUT2D eigenvalue weighted by molar-refractivity contribution is 5.84. The second-order valence-electron chi connectivity index (χ2n) is 7.21. The van der Waals surface area contributed by atoms with E-state index in [1.54, 1.807) is 31.4 Å². The Morgan fingerprint density at radius 3 is 2.73 bits per heavy atom. The maximum Gasteiger partial charge on any atom is 0.255 e. The van der Waals surface area contributed by atoms with Gasteiger partial charge in [0.1, 0.15) is 11.5 Å². The van der Waals surface area contributed by atoms with Gasteiger partial charge in [0, 0.05) is 48.0 Å². The fourth-order valence-electron chi connectivity index (χ4n) is 3.58. The number of fused-ring (bicyclic) bond motifs is 2. The zero-order valence-corrected chi connectivity index (χ0v) is 16.2. The third-order valence-corrected chi connectivity index (χ3v) is 5.14. The van der Waals surface area contributed by atoms with E-state index in [9.17, 15) is 9.18 Å². The van der Waals surface area contributed by atoms with Crippen LogP contribution in [0.4, 0.5) is 16.0 Å². The van der Waals surface area contributed by atoms with Crippen molar-refractivity contribution in [2.75, 3.05) is 5.32 Å². The number of pyridine rings is 1. The maximum atomic E-state index is 13.1. The molecule has 0 aliphatic heterocycles. The molecule has 0 aliphatic rings. The second-order valence-corrected chi connectivity index (χ2v) is 7.21. The minimum atomic E-state index is -0.297. The smallest absolute Gasteiger partial charge is 0.255 e. The zero-order valence-electron chi connectivity index (χ0n) is 16.2. The Kier molecular flexibility index (Phi) is 4.28. The first-order chi connectivity index (χ1) is 14.6. The van der Waals surface area contributed by atoms with Crippen LogP contribution in [0.3, 0.4) is 0 Å². The molecular weight excluding hydrogens is 381 g/mol. The summed E-state index contributed by atoms with van der Waals surface area (Å²) in [5, 5.41) is 5.08. The molecule has 148 valence electrons. The molecule has 0 aliphatic carbocycles. The molecule has 6 nitrogen and oxygen atoms in total. The predicted octanol–water partition coefficient (Wildman–Crippen LogP) is 4.28. The standard InChI is InChI=1S/C23H18FN5O/c1-29-21-17(11-16(22(29)30)10-14-2-5-18(24)6-3-14)13-26-23(28-21)27-19-7-4-15-8-9-25-20(15)12-19/h2-9,11-13,25H,10H2,1H3,(H,26,27,28). The molecule has 0 fully saturated rings. The van der Waals surface area contributed by atoms with E-state index in [2.05, 4.69) is 20.3 Å². The third kappa shape index (κ3) is 3.30. The van der Waals surface area contributed by atoms with E-state index in [1.165, 1.54) is 16.7 Å². The number of rotatable bonds is 4. The molecule has 30 heavy (non-hydrogen) atoms. The molecule has 3 aromatic heterocycles. The van der Waals surface area contributed by atoms with Crippen LogP contribution in [0.15, 0.2) is 71.8 Å². The zero-order chi connectivity index (χ0) is 20.7. The van der Waals surface area contributed by atoms with Gasteiger partial charge >= 0.3 is 0 Å². The average Bonchev–Trinajstić information content (AvgIpc) is 3.22. The van der Waals surface area contributed by atoms with Crippen molar-refractivity contribution in [1.29, 1.82) is 0 Å². The SMILES string of the molecule is Cn1c(=O)c(Cc2ccc(F)cc2)cc2cnc(Nc3ccc4cc[nH]c4c3)nc21. The molecule has 0 radical (unpaired) electrons. The Hall–Kier alpha value is -4.00. The van der Waals surface area contributed by atoms with Crippen LogP contribution in [-0.4, -0.2) is 19.5 Å². The first kappa shape index (κ1) is 18.1. The van der Waals surface area contributed by atoms with Crippen LogP contribution in [0.25, 0.3) is 21.9 Å². The van der Waals surface area contributed by atoms with Gasteiger partial charge in [-0.05, 0) is 47.3 Å². The van der Waals surface area contributed by atoms with Crippen molar-refractivity contribution >= 4 is 33.6 Å². The highest BCUT2D eigenvalue weighted by Crippen LogP contribution is 2.21. The number of aromatic amines is 1. The van der Waals surface area contributed by atoms with Gasteiger partial charge in [-0.1, -0.05) is 18.2 Å². The Bertz CT molecular complexity index is 1440. The van der Waals surface area contributed by atoms with Crippen LogP contribution < -0.4 is 10.9 Å². The summed E-state index contributed by atoms with van der Waals surface area (Å²) in [5.74, 6) is 0.115. The molecule has 0 atom stereocenters. The summed E-state index contributed by atoms with van der Waals surface area (Å²) in [7, 11) is 1.70. The second kappa shape index (κ2) is 7.11. The van der Waals surface area contributed by atoms with Gasteiger partial charge in [0.25, 0.3) is 5.56 Å². The van der Waals surface area contributed by atoms with E-state index in [1.807, 2.05) is 30.5 Å². The first-order valence-corrected chi connectivity index (χ1v) is 9.51. The van der Waals surface area contributed by atoms with Gasteiger partial charge in [-0.15, -0.1) is 0 Å². The number of aryl methyl sites for hydroxylation is 1. The molecule has 0 bridgehead atoms. The van der Waals surface area contributed by atoms with Crippen molar-refractivity contribution < 1.29 is 4.39 Å². The molecule has 7 heteroatoms. The van der Waals surface area contributed by atoms with Crippen LogP contribution in [0.2, 0.25) is 0 Å². The highest BCUT2D eigenvalue weighted by atomic mass is 19.1. The van der Waals surface area contributed by atoms with Crippen molar-refractivity contribution in [3.8, 4) is 0 Å². The van der Waals surface area contributed by atoms with Gasteiger partial charge in [0.05, 0.1) is 0 Å². The molecule has 5 rings (SSSR count). The topological polar surface area (TPSA) is 75.6 Å². The van der Waals surface area contributed by atoms with Gasteiger partial charge in [0.15, 0.2) is 0 Å². The lowest BCUT2D eigenvalue weighted by Gasteiger charge is -2.10. The number of halogens is 1. The number of H-pyrrole nitrogens is 1. The van der Waals surface area contributed by atoms with Crippen LogP contribution in [0.1, 0.15) is 11.1 Å². The predicted molar refractivity (Wildman–Crippen MR) is 116 cm³/mol. The van der Waals surface area contributed by atoms with Gasteiger partial charge < -0.3 is 10.3 Å². The maximum absolute atomic E-state index is 13.1. The largest absolute Gasteiger partial charge is 0.361 e. The molecule has 0 saturated heterocycles. The lowest BCUT2D eigenvalue weighted by Crippen LogP contribution is -2.22. The molecule has 0 unspecified atom stereocenters. The number of hydrogen-bond acceptors (Lipinski definition) is 4. The van der Waals surface area contributed by atoms with Crippen molar-refractivity contribution in [2.24, 2.45) is 7.05 Å². The van der Waals surface area contributed by atoms with E-state index in [0.717, 1.165) is 27.5 Å². The van der Waals surface area contributed by atoms with Crippen LogP contribution in [0.5, 0.6) is 0 Å². The molecule has 3 heterocycles. The molecule has 0 spiro atoms. The number of nitrogens with zero attached hydrogens (tertiary/aromatic N) is 3. The molecular formula is C23H18FN5O. The summed E-state index contributed by atoms with van der Waals surface area (Å²) in [6, 6.07) is 15.9. The Balaban J connectivity index is 1.49. The summed E-state index contributed by atoms with van der Waals surface area (Å²) in [5.41, 5.74) is 3.75. The molecule has 2 N–H and O–H groups in total. The number of anilines is 2. The molecule has 2 aromatic carbocycles. The Labute approximate surface area is 171 Å². The Morgan fingerprint density at radius 2 is 1.90 bits per heavy atom. The van der Waals surface area contributed by atoms with Gasteiger partial charge in [-0.3, -0.25) is 9.36 Å².